The van der Waals surface area contributed by atoms with Gasteiger partial charge in [0.15, 0.2) is 5.11 Å². The molecule has 6 rings (SSSR count). The smallest absolute Gasteiger partial charge is 0.174 e. The van der Waals surface area contributed by atoms with Crippen LogP contribution in [0.3, 0.4) is 0 Å². The molecule has 0 spiro atoms. The predicted molar refractivity (Wildman–Crippen MR) is 180 cm³/mol. The van der Waals surface area contributed by atoms with Crippen molar-refractivity contribution in [1.29, 1.82) is 0 Å². The largest absolute Gasteiger partial charge is 0.378 e. The van der Waals surface area contributed by atoms with E-state index in [-0.39, 0.29) is 12.1 Å². The van der Waals surface area contributed by atoms with Crippen LogP contribution >= 0.6 is 23.8 Å². The highest BCUT2D eigenvalue weighted by Gasteiger charge is 2.42. The Kier molecular flexibility index (Phi) is 7.90. The number of benzene rings is 2. The molecule has 0 aliphatic carbocycles. The van der Waals surface area contributed by atoms with Crippen LogP contribution < -0.4 is 20.0 Å². The van der Waals surface area contributed by atoms with Gasteiger partial charge in [-0.2, -0.15) is 0 Å². The molecule has 218 valence electrons. The minimum absolute atomic E-state index is 0.105. The highest BCUT2D eigenvalue weighted by atomic mass is 35.5. The molecule has 2 unspecified atom stereocenters. The highest BCUT2D eigenvalue weighted by Crippen LogP contribution is 2.45. The van der Waals surface area contributed by atoms with Gasteiger partial charge < -0.3 is 24.6 Å². The third-order valence-corrected chi connectivity index (χ3v) is 9.46. The molecule has 0 amide bonds. The maximum Gasteiger partial charge on any atom is 0.174 e. The zero-order chi connectivity index (χ0) is 29.5. The second kappa shape index (κ2) is 11.6. The molecule has 2 aliphatic heterocycles. The Morgan fingerprint density at radius 3 is 2.31 bits per heavy atom. The number of aryl methyl sites for hydroxylation is 1. The van der Waals surface area contributed by atoms with E-state index in [1.165, 1.54) is 35.5 Å². The minimum atomic E-state index is -0.120. The molecule has 2 fully saturated rings. The zero-order valence-corrected chi connectivity index (χ0v) is 26.6. The van der Waals surface area contributed by atoms with Gasteiger partial charge in [-0.25, -0.2) is 0 Å². The first-order chi connectivity index (χ1) is 20.2. The number of hydrogen-bond donors (Lipinski definition) is 1. The van der Waals surface area contributed by atoms with E-state index in [0.717, 1.165) is 46.8 Å². The Hall–Kier alpha value is -3.55. The maximum absolute atomic E-state index is 7.00. The van der Waals surface area contributed by atoms with Gasteiger partial charge in [0, 0.05) is 61.8 Å². The predicted octanol–water partition coefficient (Wildman–Crippen LogP) is 7.62. The second-order valence-electron chi connectivity index (χ2n) is 11.9. The second-order valence-corrected chi connectivity index (χ2v) is 12.7. The number of halogens is 1. The van der Waals surface area contributed by atoms with Gasteiger partial charge in [-0.15, -0.1) is 0 Å². The Morgan fingerprint density at radius 2 is 1.67 bits per heavy atom. The number of anilines is 3. The summed E-state index contributed by atoms with van der Waals surface area (Å²) in [5, 5.41) is 5.04. The molecule has 1 N–H and O–H groups in total. The summed E-state index contributed by atoms with van der Waals surface area (Å²) in [6.45, 7) is 8.77. The van der Waals surface area contributed by atoms with Crippen LogP contribution in [0.2, 0.25) is 5.02 Å². The fourth-order valence-corrected chi connectivity index (χ4v) is 7.13. The van der Waals surface area contributed by atoms with Crippen molar-refractivity contribution in [2.75, 3.05) is 41.9 Å². The summed E-state index contributed by atoms with van der Waals surface area (Å²) in [5.74, 6) is 0.765. The van der Waals surface area contributed by atoms with E-state index in [0.29, 0.717) is 5.11 Å². The number of piperidine rings is 1. The molecule has 2 aromatic heterocycles. The van der Waals surface area contributed by atoms with Crippen molar-refractivity contribution in [3.05, 3.63) is 101 Å². The van der Waals surface area contributed by atoms with Crippen molar-refractivity contribution in [2.45, 2.75) is 45.7 Å². The van der Waals surface area contributed by atoms with Gasteiger partial charge in [0.2, 0.25) is 0 Å². The van der Waals surface area contributed by atoms with Crippen LogP contribution in [0.15, 0.2) is 72.9 Å². The van der Waals surface area contributed by atoms with Gasteiger partial charge in [-0.1, -0.05) is 24.6 Å². The minimum Gasteiger partial charge on any atom is -0.378 e. The highest BCUT2D eigenvalue weighted by molar-refractivity contribution is 7.80. The van der Waals surface area contributed by atoms with Crippen LogP contribution in [0.5, 0.6) is 0 Å². The van der Waals surface area contributed by atoms with Crippen molar-refractivity contribution >= 4 is 46.0 Å². The standard InChI is InChI=1S/C34H39ClN6S/c1-22-15-18-39(19-16-22)31-14-13-27(21-29(31)35)41-33(32(37-34(41)42)30-8-6-7-17-36-30)28-20-23(2)40(24(28)3)26-11-9-25(10-12-26)38(4)5/h6-14,17,20-22,32-33H,15-16,18-19H2,1-5H3,(H,37,42). The summed E-state index contributed by atoms with van der Waals surface area (Å²) < 4.78 is 2.33. The number of pyridine rings is 1. The molecule has 4 aromatic rings. The summed E-state index contributed by atoms with van der Waals surface area (Å²) in [4.78, 5) is 11.5. The first kappa shape index (κ1) is 28.6. The molecule has 2 aromatic carbocycles. The molecule has 0 saturated carbocycles. The van der Waals surface area contributed by atoms with E-state index < -0.39 is 0 Å². The summed E-state index contributed by atoms with van der Waals surface area (Å²) in [6.07, 6.45) is 4.24. The number of hydrogen-bond acceptors (Lipinski definition) is 4. The third kappa shape index (κ3) is 5.25. The van der Waals surface area contributed by atoms with Gasteiger partial charge in [0.25, 0.3) is 0 Å². The molecule has 6 nitrogen and oxygen atoms in total. The Labute approximate surface area is 259 Å². The number of nitrogens with one attached hydrogen (secondary N) is 1. The first-order valence-corrected chi connectivity index (χ1v) is 15.5. The number of rotatable bonds is 6. The Balaban J connectivity index is 1.42. The van der Waals surface area contributed by atoms with Crippen molar-refractivity contribution in [3.8, 4) is 5.69 Å². The van der Waals surface area contributed by atoms with E-state index in [9.17, 15) is 0 Å². The number of thiocarbonyl (C=S) groups is 1. The SMILES string of the molecule is Cc1cc(C2C(c3ccccn3)NC(=S)N2c2ccc(N3CCC(C)CC3)c(Cl)c2)c(C)n1-c1ccc(N(C)C)cc1. The summed E-state index contributed by atoms with van der Waals surface area (Å²) in [6, 6.07) is 23.2. The van der Waals surface area contributed by atoms with Crippen molar-refractivity contribution < 1.29 is 0 Å². The van der Waals surface area contributed by atoms with E-state index in [2.05, 4.69) is 114 Å². The normalized spacial score (nSPS) is 19.3. The van der Waals surface area contributed by atoms with Gasteiger partial charge >= 0.3 is 0 Å². The van der Waals surface area contributed by atoms with Crippen LogP contribution in [0, 0.1) is 19.8 Å². The van der Waals surface area contributed by atoms with E-state index in [1.807, 2.05) is 18.3 Å². The molecule has 8 heteroatoms. The van der Waals surface area contributed by atoms with Crippen molar-refractivity contribution in [1.82, 2.24) is 14.9 Å². The zero-order valence-electron chi connectivity index (χ0n) is 25.0. The van der Waals surface area contributed by atoms with Crippen molar-refractivity contribution in [2.24, 2.45) is 5.92 Å². The molecule has 2 aliphatic rings. The Morgan fingerprint density at radius 1 is 0.952 bits per heavy atom. The van der Waals surface area contributed by atoms with Crippen LogP contribution in [-0.2, 0) is 0 Å². The van der Waals surface area contributed by atoms with Crippen LogP contribution in [0.25, 0.3) is 5.69 Å². The molecule has 0 bridgehead atoms. The van der Waals surface area contributed by atoms with Gasteiger partial charge in [-0.3, -0.25) is 4.98 Å². The fraction of sp³-hybridized carbons (Fsp3) is 0.353. The Bertz CT molecular complexity index is 1570. The molecular weight excluding hydrogens is 560 g/mol. The topological polar surface area (TPSA) is 39.6 Å². The fourth-order valence-electron chi connectivity index (χ4n) is 6.48. The molecule has 4 heterocycles. The van der Waals surface area contributed by atoms with Gasteiger partial charge in [0.1, 0.15) is 0 Å². The maximum atomic E-state index is 7.00. The number of nitrogens with zero attached hydrogens (tertiary/aromatic N) is 5. The first-order valence-electron chi connectivity index (χ1n) is 14.7. The third-order valence-electron chi connectivity index (χ3n) is 8.85. The summed E-state index contributed by atoms with van der Waals surface area (Å²) in [5.41, 5.74) is 8.91. The van der Waals surface area contributed by atoms with E-state index in [1.54, 1.807) is 0 Å². The van der Waals surface area contributed by atoms with Gasteiger partial charge in [0.05, 0.1) is 28.5 Å². The average molecular weight is 599 g/mol. The summed E-state index contributed by atoms with van der Waals surface area (Å²) >= 11 is 13.0. The lowest BCUT2D eigenvalue weighted by Crippen LogP contribution is -2.33. The molecule has 2 saturated heterocycles. The van der Waals surface area contributed by atoms with E-state index >= 15 is 0 Å². The molecule has 2 atom stereocenters. The molecule has 0 radical (unpaired) electrons. The van der Waals surface area contributed by atoms with Crippen molar-refractivity contribution in [3.63, 3.8) is 0 Å². The quantitative estimate of drug-likeness (QED) is 0.230. The van der Waals surface area contributed by atoms with Gasteiger partial charge in [-0.05, 0) is 111 Å². The average Bonchev–Trinajstić information content (AvgIpc) is 3.48. The number of aromatic nitrogens is 2. The van der Waals surface area contributed by atoms with Crippen LogP contribution in [0.4, 0.5) is 17.1 Å². The lowest BCUT2D eigenvalue weighted by atomic mass is 9.96. The monoisotopic (exact) mass is 598 g/mol. The van der Waals surface area contributed by atoms with E-state index in [4.69, 9.17) is 28.8 Å². The molecule has 42 heavy (non-hydrogen) atoms. The lowest BCUT2D eigenvalue weighted by molar-refractivity contribution is 0.438. The lowest BCUT2D eigenvalue weighted by Gasteiger charge is -2.33. The summed E-state index contributed by atoms with van der Waals surface area (Å²) in [7, 11) is 4.13. The van der Waals surface area contributed by atoms with Crippen LogP contribution in [0.1, 0.15) is 54.5 Å². The van der Waals surface area contributed by atoms with Crippen LogP contribution in [-0.4, -0.2) is 41.8 Å². The molecular formula is C34H39ClN6S.